The van der Waals surface area contributed by atoms with Gasteiger partial charge in [-0.3, -0.25) is 19.7 Å². The van der Waals surface area contributed by atoms with Gasteiger partial charge in [-0.15, -0.1) is 0 Å². The monoisotopic (exact) mass is 357 g/mol. The van der Waals surface area contributed by atoms with Crippen molar-refractivity contribution in [3.05, 3.63) is 58.1 Å². The summed E-state index contributed by atoms with van der Waals surface area (Å²) >= 11 is 0. The summed E-state index contributed by atoms with van der Waals surface area (Å²) in [5, 5.41) is 27.9. The molecule has 2 amide bonds. The zero-order valence-corrected chi connectivity index (χ0v) is 13.5. The van der Waals surface area contributed by atoms with Crippen LogP contribution in [0.5, 0.6) is 11.5 Å². The van der Waals surface area contributed by atoms with Gasteiger partial charge in [0.2, 0.25) is 0 Å². The molecule has 134 valence electrons. The van der Waals surface area contributed by atoms with E-state index >= 15 is 0 Å². The number of methoxy groups -OCH3 is 1. The molecule has 0 atom stereocenters. The van der Waals surface area contributed by atoms with Crippen LogP contribution in [0.4, 0.5) is 11.4 Å². The number of carbonyl (C=O) groups is 2. The molecule has 26 heavy (non-hydrogen) atoms. The summed E-state index contributed by atoms with van der Waals surface area (Å²) in [6.07, 6.45) is 1.07. The Balaban J connectivity index is 1.94. The summed E-state index contributed by atoms with van der Waals surface area (Å²) in [5.41, 5.74) is 1.97. The first-order valence-electron chi connectivity index (χ1n) is 7.14. The van der Waals surface area contributed by atoms with Crippen molar-refractivity contribution in [2.45, 2.75) is 0 Å². The van der Waals surface area contributed by atoms with Crippen LogP contribution in [0.1, 0.15) is 5.56 Å². The number of benzene rings is 2. The number of hydrogen-bond donors (Lipinski definition) is 2. The molecule has 10 heteroatoms. The van der Waals surface area contributed by atoms with Gasteiger partial charge in [0.05, 0.1) is 18.2 Å². The van der Waals surface area contributed by atoms with E-state index in [-0.39, 0.29) is 5.56 Å². The Bertz CT molecular complexity index is 864. The van der Waals surface area contributed by atoms with Gasteiger partial charge in [0, 0.05) is 17.3 Å². The van der Waals surface area contributed by atoms with Gasteiger partial charge in [-0.1, -0.05) is 12.1 Å². The van der Waals surface area contributed by atoms with Crippen molar-refractivity contribution in [3.8, 4) is 11.5 Å². The number of nitrogens with zero attached hydrogens (tertiary/aromatic N) is 2. The van der Waals surface area contributed by atoms with Gasteiger partial charge in [0.1, 0.15) is 5.75 Å². The van der Waals surface area contributed by atoms with E-state index in [0.29, 0.717) is 11.4 Å². The molecule has 0 saturated carbocycles. The van der Waals surface area contributed by atoms with Gasteiger partial charge in [-0.05, 0) is 30.0 Å². The van der Waals surface area contributed by atoms with Gasteiger partial charge in [0.25, 0.3) is 5.69 Å². The SMILES string of the molecule is COc1ccc(NC(=O)C(=O)N/N=C\c2ccc([O-])c([N+](=O)[O-])c2)cc1. The van der Waals surface area contributed by atoms with E-state index in [2.05, 4.69) is 10.4 Å². The molecule has 0 aliphatic heterocycles. The van der Waals surface area contributed by atoms with E-state index < -0.39 is 28.2 Å². The second-order valence-corrected chi connectivity index (χ2v) is 4.87. The third kappa shape index (κ3) is 4.77. The van der Waals surface area contributed by atoms with Crippen LogP contribution in [0.25, 0.3) is 0 Å². The first-order chi connectivity index (χ1) is 12.4. The molecule has 0 aliphatic carbocycles. The summed E-state index contributed by atoms with van der Waals surface area (Å²) in [5.74, 6) is -2.13. The van der Waals surface area contributed by atoms with Gasteiger partial charge in [-0.25, -0.2) is 5.43 Å². The predicted molar refractivity (Wildman–Crippen MR) is 89.9 cm³/mol. The maximum atomic E-state index is 11.7. The highest BCUT2D eigenvalue weighted by Crippen LogP contribution is 2.22. The van der Waals surface area contributed by atoms with Crippen LogP contribution in [-0.2, 0) is 9.59 Å². The summed E-state index contributed by atoms with van der Waals surface area (Å²) in [4.78, 5) is 33.3. The Kier molecular flexibility index (Phi) is 5.83. The smallest absolute Gasteiger partial charge is 0.329 e. The number of hydrazone groups is 1. The molecule has 2 aromatic carbocycles. The van der Waals surface area contributed by atoms with Crippen LogP contribution in [0, 0.1) is 10.1 Å². The number of rotatable bonds is 5. The van der Waals surface area contributed by atoms with Crippen molar-refractivity contribution in [2.75, 3.05) is 12.4 Å². The topological polar surface area (TPSA) is 146 Å². The second-order valence-electron chi connectivity index (χ2n) is 4.87. The van der Waals surface area contributed by atoms with Gasteiger partial charge < -0.3 is 15.2 Å². The lowest BCUT2D eigenvalue weighted by Gasteiger charge is -2.06. The molecule has 0 aliphatic rings. The molecule has 2 aromatic rings. The largest absolute Gasteiger partial charge is 0.868 e. The fourth-order valence-corrected chi connectivity index (χ4v) is 1.84. The fraction of sp³-hybridized carbons (Fsp3) is 0.0625. The number of carbonyl (C=O) groups excluding carboxylic acids is 2. The summed E-state index contributed by atoms with van der Waals surface area (Å²) < 4.78 is 4.97. The van der Waals surface area contributed by atoms with Crippen molar-refractivity contribution in [2.24, 2.45) is 5.10 Å². The lowest BCUT2D eigenvalue weighted by atomic mass is 10.2. The molecule has 10 nitrogen and oxygen atoms in total. The van der Waals surface area contributed by atoms with Crippen molar-refractivity contribution in [1.29, 1.82) is 0 Å². The Hall–Kier alpha value is -3.95. The van der Waals surface area contributed by atoms with Crippen LogP contribution in [-0.4, -0.2) is 30.1 Å². The average molecular weight is 357 g/mol. The first kappa shape index (κ1) is 18.4. The highest BCUT2D eigenvalue weighted by Gasteiger charge is 2.13. The van der Waals surface area contributed by atoms with Crippen molar-refractivity contribution < 1.29 is 24.4 Å². The Morgan fingerprint density at radius 2 is 1.85 bits per heavy atom. The van der Waals surface area contributed by atoms with Crippen molar-refractivity contribution >= 4 is 29.4 Å². The number of amides is 2. The summed E-state index contributed by atoms with van der Waals surface area (Å²) in [6.45, 7) is 0. The second kappa shape index (κ2) is 8.24. The zero-order chi connectivity index (χ0) is 19.1. The zero-order valence-electron chi connectivity index (χ0n) is 13.5. The van der Waals surface area contributed by atoms with E-state index in [0.717, 1.165) is 18.3 Å². The van der Waals surface area contributed by atoms with Crippen LogP contribution in [0.2, 0.25) is 0 Å². The standard InChI is InChI=1S/C16H14N4O6/c1-26-12-5-3-11(4-6-12)18-15(22)16(23)19-17-9-10-2-7-14(21)13(8-10)20(24)25/h2-9,21H,1H3,(H,18,22)(H,19,23)/p-1/b17-9-. The van der Waals surface area contributed by atoms with E-state index in [9.17, 15) is 24.8 Å². The maximum absolute atomic E-state index is 11.7. The van der Waals surface area contributed by atoms with E-state index in [4.69, 9.17) is 4.74 Å². The van der Waals surface area contributed by atoms with E-state index in [1.165, 1.54) is 13.2 Å². The lowest BCUT2D eigenvalue weighted by Crippen LogP contribution is -2.32. The predicted octanol–water partition coefficient (Wildman–Crippen LogP) is 0.766. The van der Waals surface area contributed by atoms with Crippen molar-refractivity contribution in [1.82, 2.24) is 5.43 Å². The highest BCUT2D eigenvalue weighted by atomic mass is 16.6. The van der Waals surface area contributed by atoms with Crippen LogP contribution >= 0.6 is 0 Å². The van der Waals surface area contributed by atoms with Gasteiger partial charge >= 0.3 is 11.8 Å². The fourth-order valence-electron chi connectivity index (χ4n) is 1.84. The Labute approximate surface area is 147 Å². The number of ether oxygens (including phenoxy) is 1. The first-order valence-corrected chi connectivity index (χ1v) is 7.14. The molecule has 0 spiro atoms. The number of hydrogen-bond acceptors (Lipinski definition) is 7. The molecular formula is C16H13N4O6-. The summed E-state index contributed by atoms with van der Waals surface area (Å²) in [6, 6.07) is 9.64. The molecule has 0 unspecified atom stereocenters. The minimum atomic E-state index is -1.04. The lowest BCUT2D eigenvalue weighted by molar-refractivity contribution is -0.398. The molecular weight excluding hydrogens is 344 g/mol. The molecule has 0 radical (unpaired) electrons. The number of nitro benzene ring substituents is 1. The van der Waals surface area contributed by atoms with Crippen LogP contribution in [0.15, 0.2) is 47.6 Å². The normalized spacial score (nSPS) is 10.3. The van der Waals surface area contributed by atoms with E-state index in [1.54, 1.807) is 24.3 Å². The minimum Gasteiger partial charge on any atom is -0.868 e. The molecule has 2 rings (SSSR count). The number of nitro groups is 1. The third-order valence-corrected chi connectivity index (χ3v) is 3.11. The molecule has 2 N–H and O–H groups in total. The van der Waals surface area contributed by atoms with Gasteiger partial charge in [0.15, 0.2) is 0 Å². The maximum Gasteiger partial charge on any atom is 0.329 e. The molecule has 0 heterocycles. The average Bonchev–Trinajstić information content (AvgIpc) is 2.63. The highest BCUT2D eigenvalue weighted by molar-refractivity contribution is 6.39. The molecule has 0 bridgehead atoms. The van der Waals surface area contributed by atoms with E-state index in [1.807, 2.05) is 5.43 Å². The number of nitrogens with one attached hydrogen (secondary N) is 2. The molecule has 0 aromatic heterocycles. The quantitative estimate of drug-likeness (QED) is 0.350. The van der Waals surface area contributed by atoms with Crippen molar-refractivity contribution in [3.63, 3.8) is 0 Å². The van der Waals surface area contributed by atoms with Crippen LogP contribution < -0.4 is 20.6 Å². The Morgan fingerprint density at radius 1 is 1.15 bits per heavy atom. The molecule has 0 saturated heterocycles. The summed E-state index contributed by atoms with van der Waals surface area (Å²) in [7, 11) is 1.50. The minimum absolute atomic E-state index is 0.215. The molecule has 0 fully saturated rings. The Morgan fingerprint density at radius 3 is 2.46 bits per heavy atom. The van der Waals surface area contributed by atoms with Crippen LogP contribution in [0.3, 0.4) is 0 Å². The number of anilines is 1. The third-order valence-electron chi connectivity index (χ3n) is 3.11. The van der Waals surface area contributed by atoms with Gasteiger partial charge in [-0.2, -0.15) is 5.10 Å².